The van der Waals surface area contributed by atoms with Crippen LogP contribution in [0.15, 0.2) is 4.79 Å². The monoisotopic (exact) mass is 292 g/mol. The lowest BCUT2D eigenvalue weighted by Gasteiger charge is -2.34. The van der Waals surface area contributed by atoms with Crippen molar-refractivity contribution in [1.29, 1.82) is 0 Å². The first-order chi connectivity index (χ1) is 9.81. The number of hydrogen-bond donors (Lipinski definition) is 1. The number of carboxylic acid groups (broad SMARTS) is 1. The third-order valence-electron chi connectivity index (χ3n) is 4.97. The van der Waals surface area contributed by atoms with Crippen LogP contribution >= 0.6 is 0 Å². The van der Waals surface area contributed by atoms with E-state index in [1.54, 1.807) is 11.5 Å². The molecule has 0 amide bonds. The van der Waals surface area contributed by atoms with Gasteiger partial charge in [-0.25, -0.2) is 4.79 Å². The van der Waals surface area contributed by atoms with Gasteiger partial charge in [0, 0.05) is 23.0 Å². The molecular formula is C16H24N2O3. The van der Waals surface area contributed by atoms with Gasteiger partial charge in [-0.05, 0) is 44.9 Å². The SMILES string of the molecule is Cc1nc(=O)n(C2CCC(C)C(C)C2)c(C)c1CC(=O)O. The van der Waals surface area contributed by atoms with E-state index in [4.69, 9.17) is 5.11 Å². The third-order valence-corrected chi connectivity index (χ3v) is 4.97. The molecule has 5 heteroatoms. The van der Waals surface area contributed by atoms with Gasteiger partial charge >= 0.3 is 11.7 Å². The fraction of sp³-hybridized carbons (Fsp3) is 0.688. The van der Waals surface area contributed by atoms with Crippen molar-refractivity contribution >= 4 is 5.97 Å². The van der Waals surface area contributed by atoms with Crippen LogP contribution in [0.25, 0.3) is 0 Å². The molecule has 3 atom stereocenters. The Balaban J connectivity index is 2.44. The van der Waals surface area contributed by atoms with Crippen LogP contribution in [-0.4, -0.2) is 20.6 Å². The number of carboxylic acids is 1. The fourth-order valence-corrected chi connectivity index (χ4v) is 3.41. The highest BCUT2D eigenvalue weighted by Crippen LogP contribution is 2.36. The Kier molecular flexibility index (Phi) is 4.49. The molecule has 0 spiro atoms. The largest absolute Gasteiger partial charge is 0.481 e. The highest BCUT2D eigenvalue weighted by atomic mass is 16.4. The average Bonchev–Trinajstić information content (AvgIpc) is 2.38. The molecule has 2 rings (SSSR count). The molecular weight excluding hydrogens is 268 g/mol. The van der Waals surface area contributed by atoms with E-state index in [0.29, 0.717) is 23.1 Å². The summed E-state index contributed by atoms with van der Waals surface area (Å²) >= 11 is 0. The highest BCUT2D eigenvalue weighted by Gasteiger charge is 2.28. The second-order valence-corrected chi connectivity index (χ2v) is 6.41. The second kappa shape index (κ2) is 6.00. The molecule has 1 N–H and O–H groups in total. The van der Waals surface area contributed by atoms with E-state index in [0.717, 1.165) is 25.0 Å². The summed E-state index contributed by atoms with van der Waals surface area (Å²) < 4.78 is 1.73. The van der Waals surface area contributed by atoms with Crippen molar-refractivity contribution in [1.82, 2.24) is 9.55 Å². The first-order valence-corrected chi connectivity index (χ1v) is 7.61. The van der Waals surface area contributed by atoms with Gasteiger partial charge in [-0.15, -0.1) is 0 Å². The van der Waals surface area contributed by atoms with Crippen molar-refractivity contribution in [3.8, 4) is 0 Å². The second-order valence-electron chi connectivity index (χ2n) is 6.41. The Morgan fingerprint density at radius 2 is 1.95 bits per heavy atom. The minimum absolute atomic E-state index is 0.0797. The number of rotatable bonds is 3. The van der Waals surface area contributed by atoms with Crippen LogP contribution in [-0.2, 0) is 11.2 Å². The van der Waals surface area contributed by atoms with Gasteiger partial charge in [0.2, 0.25) is 0 Å². The van der Waals surface area contributed by atoms with Crippen molar-refractivity contribution in [3.05, 3.63) is 27.4 Å². The molecule has 0 aromatic carbocycles. The first kappa shape index (κ1) is 15.7. The summed E-state index contributed by atoms with van der Waals surface area (Å²) in [6.45, 7) is 8.02. The summed E-state index contributed by atoms with van der Waals surface area (Å²) in [5.74, 6) is 0.354. The van der Waals surface area contributed by atoms with E-state index < -0.39 is 5.97 Å². The summed E-state index contributed by atoms with van der Waals surface area (Å²) in [6, 6.07) is 0.143. The Hall–Kier alpha value is -1.65. The Bertz CT molecular complexity index is 606. The number of nitrogens with zero attached hydrogens (tertiary/aromatic N) is 2. The van der Waals surface area contributed by atoms with Crippen LogP contribution in [0.1, 0.15) is 56.1 Å². The molecule has 1 heterocycles. The molecule has 1 aromatic rings. The van der Waals surface area contributed by atoms with E-state index in [1.165, 1.54) is 0 Å². The number of hydrogen-bond acceptors (Lipinski definition) is 3. The van der Waals surface area contributed by atoms with Gasteiger partial charge in [-0.2, -0.15) is 4.98 Å². The summed E-state index contributed by atoms with van der Waals surface area (Å²) in [5.41, 5.74) is 1.73. The maximum atomic E-state index is 12.3. The van der Waals surface area contributed by atoms with Crippen molar-refractivity contribution in [3.63, 3.8) is 0 Å². The molecule has 0 radical (unpaired) electrons. The predicted octanol–water partition coefficient (Wildman–Crippen LogP) is 2.48. The molecule has 0 aliphatic heterocycles. The Labute approximate surface area is 125 Å². The summed E-state index contributed by atoms with van der Waals surface area (Å²) in [5, 5.41) is 9.05. The number of carbonyl (C=O) groups is 1. The van der Waals surface area contributed by atoms with Crippen molar-refractivity contribution in [2.45, 2.75) is 59.4 Å². The number of aliphatic carboxylic acids is 1. The van der Waals surface area contributed by atoms with Gasteiger partial charge in [-0.1, -0.05) is 13.8 Å². The number of aryl methyl sites for hydroxylation is 1. The maximum Gasteiger partial charge on any atom is 0.348 e. The van der Waals surface area contributed by atoms with Crippen molar-refractivity contribution in [2.75, 3.05) is 0 Å². The molecule has 21 heavy (non-hydrogen) atoms. The minimum Gasteiger partial charge on any atom is -0.481 e. The molecule has 0 bridgehead atoms. The molecule has 1 fully saturated rings. The highest BCUT2D eigenvalue weighted by molar-refractivity contribution is 5.70. The van der Waals surface area contributed by atoms with Gasteiger partial charge in [0.1, 0.15) is 0 Å². The Morgan fingerprint density at radius 1 is 1.29 bits per heavy atom. The van der Waals surface area contributed by atoms with Crippen LogP contribution < -0.4 is 5.69 Å². The molecule has 1 saturated carbocycles. The first-order valence-electron chi connectivity index (χ1n) is 7.61. The van der Waals surface area contributed by atoms with Crippen LogP contribution in [0.2, 0.25) is 0 Å². The quantitative estimate of drug-likeness (QED) is 0.929. The van der Waals surface area contributed by atoms with Gasteiger partial charge < -0.3 is 5.11 Å². The summed E-state index contributed by atoms with van der Waals surface area (Å²) in [6.07, 6.45) is 2.94. The molecule has 1 aliphatic carbocycles. The standard InChI is InChI=1S/C16H24N2O3/c1-9-5-6-13(7-10(9)2)18-12(4)14(8-15(19)20)11(3)17-16(18)21/h9-10,13H,5-8H2,1-4H3,(H,19,20). The zero-order valence-corrected chi connectivity index (χ0v) is 13.2. The number of aromatic nitrogens is 2. The summed E-state index contributed by atoms with van der Waals surface area (Å²) in [7, 11) is 0. The zero-order valence-electron chi connectivity index (χ0n) is 13.2. The van der Waals surface area contributed by atoms with Gasteiger partial charge in [0.05, 0.1) is 6.42 Å². The van der Waals surface area contributed by atoms with Crippen LogP contribution in [0.5, 0.6) is 0 Å². The maximum absolute atomic E-state index is 12.3. The van der Waals surface area contributed by atoms with E-state index in [2.05, 4.69) is 18.8 Å². The molecule has 1 aliphatic rings. The third kappa shape index (κ3) is 3.17. The molecule has 0 saturated heterocycles. The minimum atomic E-state index is -0.890. The predicted molar refractivity (Wildman–Crippen MR) is 80.5 cm³/mol. The van der Waals surface area contributed by atoms with Gasteiger partial charge in [-0.3, -0.25) is 9.36 Å². The van der Waals surface area contributed by atoms with E-state index in [9.17, 15) is 9.59 Å². The lowest BCUT2D eigenvalue weighted by molar-refractivity contribution is -0.136. The average molecular weight is 292 g/mol. The van der Waals surface area contributed by atoms with E-state index >= 15 is 0 Å². The molecule has 1 aromatic heterocycles. The lowest BCUT2D eigenvalue weighted by atomic mass is 9.79. The summed E-state index contributed by atoms with van der Waals surface area (Å²) in [4.78, 5) is 27.4. The molecule has 3 unspecified atom stereocenters. The van der Waals surface area contributed by atoms with Crippen LogP contribution in [0.3, 0.4) is 0 Å². The lowest BCUT2D eigenvalue weighted by Crippen LogP contribution is -2.35. The van der Waals surface area contributed by atoms with Gasteiger partial charge in [0.15, 0.2) is 0 Å². The van der Waals surface area contributed by atoms with E-state index in [-0.39, 0.29) is 18.2 Å². The normalized spacial score (nSPS) is 25.8. The smallest absolute Gasteiger partial charge is 0.348 e. The van der Waals surface area contributed by atoms with Crippen molar-refractivity contribution < 1.29 is 9.90 Å². The molecule has 5 nitrogen and oxygen atoms in total. The van der Waals surface area contributed by atoms with E-state index in [1.807, 2.05) is 6.92 Å². The van der Waals surface area contributed by atoms with Crippen LogP contribution in [0, 0.1) is 25.7 Å². The fourth-order valence-electron chi connectivity index (χ4n) is 3.41. The Morgan fingerprint density at radius 3 is 2.52 bits per heavy atom. The zero-order chi connectivity index (χ0) is 15.7. The molecule has 116 valence electrons. The topological polar surface area (TPSA) is 72.2 Å². The van der Waals surface area contributed by atoms with Crippen molar-refractivity contribution in [2.24, 2.45) is 11.8 Å². The van der Waals surface area contributed by atoms with Gasteiger partial charge in [0.25, 0.3) is 0 Å². The van der Waals surface area contributed by atoms with Crippen LogP contribution in [0.4, 0.5) is 0 Å².